The lowest BCUT2D eigenvalue weighted by Gasteiger charge is -2.11. The summed E-state index contributed by atoms with van der Waals surface area (Å²) in [6.45, 7) is 3.88. The van der Waals surface area contributed by atoms with E-state index in [9.17, 15) is 0 Å². The topological polar surface area (TPSA) is 3.24 Å². The summed E-state index contributed by atoms with van der Waals surface area (Å²) >= 11 is 0. The second-order valence-corrected chi connectivity index (χ2v) is 4.40. The van der Waals surface area contributed by atoms with Gasteiger partial charge in [0, 0.05) is 25.7 Å². The number of rotatable bonds is 3. The molecule has 1 spiro atoms. The van der Waals surface area contributed by atoms with Crippen LogP contribution in [0.2, 0.25) is 0 Å². The highest BCUT2D eigenvalue weighted by Crippen LogP contribution is 2.41. The van der Waals surface area contributed by atoms with Crippen LogP contribution >= 0.6 is 0 Å². The summed E-state index contributed by atoms with van der Waals surface area (Å²) in [5.41, 5.74) is 2.46. The Labute approximate surface area is 97.5 Å². The molecular formula is C15H17N. The summed E-state index contributed by atoms with van der Waals surface area (Å²) in [6.07, 6.45) is 19.2. The Morgan fingerprint density at radius 3 is 2.56 bits per heavy atom. The van der Waals surface area contributed by atoms with Gasteiger partial charge in [0.2, 0.25) is 0 Å². The van der Waals surface area contributed by atoms with E-state index in [1.165, 1.54) is 5.57 Å². The Kier molecular flexibility index (Phi) is 2.69. The maximum Gasteiger partial charge on any atom is 0.0436 e. The van der Waals surface area contributed by atoms with Gasteiger partial charge >= 0.3 is 0 Å². The van der Waals surface area contributed by atoms with Gasteiger partial charge in [0.05, 0.1) is 0 Å². The fourth-order valence-corrected chi connectivity index (χ4v) is 1.75. The van der Waals surface area contributed by atoms with E-state index in [-0.39, 0.29) is 5.41 Å². The van der Waals surface area contributed by atoms with E-state index in [1.54, 1.807) is 0 Å². The van der Waals surface area contributed by atoms with Gasteiger partial charge in [0.1, 0.15) is 0 Å². The largest absolute Gasteiger partial charge is 0.383 e. The van der Waals surface area contributed by atoms with Gasteiger partial charge in [-0.1, -0.05) is 55.2 Å². The van der Waals surface area contributed by atoms with Crippen molar-refractivity contribution in [3.8, 4) is 0 Å². The fraction of sp³-hybridized carbons (Fsp3) is 0.200. The predicted octanol–water partition coefficient (Wildman–Crippen LogP) is 3.23. The molecule has 0 N–H and O–H groups in total. The zero-order valence-corrected chi connectivity index (χ0v) is 9.85. The highest BCUT2D eigenvalue weighted by molar-refractivity contribution is 5.55. The van der Waals surface area contributed by atoms with Crippen molar-refractivity contribution in [1.29, 1.82) is 0 Å². The van der Waals surface area contributed by atoms with Gasteiger partial charge < -0.3 is 4.90 Å². The molecule has 0 bridgehead atoms. The molecule has 2 aliphatic carbocycles. The average molecular weight is 211 g/mol. The van der Waals surface area contributed by atoms with Crippen LogP contribution in [0.25, 0.3) is 0 Å². The highest BCUT2D eigenvalue weighted by Gasteiger charge is 2.29. The quantitative estimate of drug-likeness (QED) is 0.512. The summed E-state index contributed by atoms with van der Waals surface area (Å²) in [6, 6.07) is 0. The van der Waals surface area contributed by atoms with Crippen LogP contribution < -0.4 is 0 Å². The number of hydrogen-bond donors (Lipinski definition) is 0. The van der Waals surface area contributed by atoms with Crippen LogP contribution in [0.15, 0.2) is 72.5 Å². The summed E-state index contributed by atoms with van der Waals surface area (Å²) in [4.78, 5) is 2.04. The van der Waals surface area contributed by atoms with E-state index in [0.717, 1.165) is 5.57 Å². The van der Waals surface area contributed by atoms with Gasteiger partial charge in [-0.25, -0.2) is 0 Å². The number of allylic oxidation sites excluding steroid dienone is 10. The van der Waals surface area contributed by atoms with Crippen molar-refractivity contribution in [3.63, 3.8) is 0 Å². The van der Waals surface area contributed by atoms with E-state index < -0.39 is 0 Å². The molecule has 0 saturated carbocycles. The normalized spacial score (nSPS) is 20.6. The summed E-state index contributed by atoms with van der Waals surface area (Å²) in [5.74, 6) is 0. The molecule has 0 aromatic heterocycles. The summed E-state index contributed by atoms with van der Waals surface area (Å²) in [7, 11) is 4.04. The minimum atomic E-state index is 0.0905. The Bertz CT molecular complexity index is 436. The predicted molar refractivity (Wildman–Crippen MR) is 69.9 cm³/mol. The van der Waals surface area contributed by atoms with Gasteiger partial charge in [-0.3, -0.25) is 0 Å². The van der Waals surface area contributed by atoms with Crippen molar-refractivity contribution >= 4 is 0 Å². The molecule has 2 rings (SSSR count). The van der Waals surface area contributed by atoms with Crippen LogP contribution in [-0.4, -0.2) is 19.0 Å². The molecule has 0 saturated heterocycles. The van der Waals surface area contributed by atoms with E-state index in [4.69, 9.17) is 0 Å². The van der Waals surface area contributed by atoms with Gasteiger partial charge in [-0.05, 0) is 11.1 Å². The van der Waals surface area contributed by atoms with Crippen molar-refractivity contribution in [3.05, 3.63) is 72.5 Å². The maximum atomic E-state index is 3.88. The molecule has 0 aromatic carbocycles. The van der Waals surface area contributed by atoms with Gasteiger partial charge in [-0.15, -0.1) is 0 Å². The van der Waals surface area contributed by atoms with Crippen LogP contribution in [0, 0.1) is 5.41 Å². The van der Waals surface area contributed by atoms with Crippen LogP contribution in [0.4, 0.5) is 0 Å². The van der Waals surface area contributed by atoms with E-state index in [1.807, 2.05) is 25.1 Å². The lowest BCUT2D eigenvalue weighted by Crippen LogP contribution is -2.03. The lowest BCUT2D eigenvalue weighted by atomic mass is 9.97. The monoisotopic (exact) mass is 211 g/mol. The van der Waals surface area contributed by atoms with Gasteiger partial charge in [-0.2, -0.15) is 0 Å². The van der Waals surface area contributed by atoms with Crippen molar-refractivity contribution in [2.45, 2.75) is 0 Å². The second kappa shape index (κ2) is 4.01. The zero-order valence-electron chi connectivity index (χ0n) is 9.85. The Morgan fingerprint density at radius 2 is 2.00 bits per heavy atom. The third kappa shape index (κ3) is 2.25. The first-order chi connectivity index (χ1) is 7.65. The molecular weight excluding hydrogens is 194 g/mol. The molecule has 0 fully saturated rings. The van der Waals surface area contributed by atoms with Crippen LogP contribution in [0.5, 0.6) is 0 Å². The lowest BCUT2D eigenvalue weighted by molar-refractivity contribution is 0.561. The fourth-order valence-electron chi connectivity index (χ4n) is 1.75. The van der Waals surface area contributed by atoms with Crippen LogP contribution in [-0.2, 0) is 0 Å². The summed E-state index contributed by atoms with van der Waals surface area (Å²) < 4.78 is 0. The molecule has 1 nitrogen and oxygen atoms in total. The van der Waals surface area contributed by atoms with Gasteiger partial charge in [0.15, 0.2) is 0 Å². The minimum absolute atomic E-state index is 0.0905. The first kappa shape index (κ1) is 10.7. The third-order valence-corrected chi connectivity index (χ3v) is 2.68. The smallest absolute Gasteiger partial charge is 0.0436 e. The second-order valence-electron chi connectivity index (χ2n) is 4.40. The molecule has 2 aliphatic rings. The van der Waals surface area contributed by atoms with E-state index >= 15 is 0 Å². The minimum Gasteiger partial charge on any atom is -0.383 e. The van der Waals surface area contributed by atoms with Crippen molar-refractivity contribution in [1.82, 2.24) is 4.90 Å². The number of nitrogens with zero attached hydrogens (tertiary/aromatic N) is 1. The Morgan fingerprint density at radius 1 is 1.25 bits per heavy atom. The van der Waals surface area contributed by atoms with Crippen LogP contribution in [0.1, 0.15) is 0 Å². The Balaban J connectivity index is 2.32. The van der Waals surface area contributed by atoms with Crippen LogP contribution in [0.3, 0.4) is 0 Å². The van der Waals surface area contributed by atoms with Crippen molar-refractivity contribution in [2.24, 2.45) is 5.41 Å². The number of hydrogen-bond acceptors (Lipinski definition) is 1. The van der Waals surface area contributed by atoms with Gasteiger partial charge in [0.25, 0.3) is 0 Å². The molecule has 82 valence electrons. The standard InChI is InChI=1S/C15H17N/c1-4-13(12-16(2)3)14-7-5-6-8-15(11-14)9-10-15/h4-12H,1H2,2-3H3/b13-12+. The van der Waals surface area contributed by atoms with Crippen molar-refractivity contribution in [2.75, 3.05) is 14.1 Å². The molecule has 0 atom stereocenters. The van der Waals surface area contributed by atoms with Crippen molar-refractivity contribution < 1.29 is 0 Å². The summed E-state index contributed by atoms with van der Waals surface area (Å²) in [5, 5.41) is 0. The van der Waals surface area contributed by atoms with E-state index in [0.29, 0.717) is 0 Å². The van der Waals surface area contributed by atoms with E-state index in [2.05, 4.69) is 55.3 Å². The first-order valence-electron chi connectivity index (χ1n) is 5.45. The Hall–Kier alpha value is -1.76. The molecule has 0 heterocycles. The molecule has 1 heteroatoms. The molecule has 0 radical (unpaired) electrons. The average Bonchev–Trinajstić information content (AvgIpc) is 3.03. The molecule has 0 amide bonds. The third-order valence-electron chi connectivity index (χ3n) is 2.68. The highest BCUT2D eigenvalue weighted by atomic mass is 15.0. The SMILES string of the molecule is C=C/C(=C\N(C)C)C1=CC2(C=CC=C1)C=C2. The molecule has 16 heavy (non-hydrogen) atoms. The molecule has 0 unspecified atom stereocenters. The zero-order chi connectivity index (χ0) is 11.6. The maximum absolute atomic E-state index is 3.88. The first-order valence-corrected chi connectivity index (χ1v) is 5.45. The molecule has 0 aliphatic heterocycles. The molecule has 0 aromatic rings.